The Morgan fingerprint density at radius 1 is 0.701 bits per heavy atom. The first-order chi connectivity index (χ1) is 36.2. The number of aromatic nitrogens is 12. The van der Waals surface area contributed by atoms with E-state index in [0.29, 0.717) is 0 Å². The third-order valence-corrected chi connectivity index (χ3v) is 17.1. The lowest BCUT2D eigenvalue weighted by Gasteiger charge is -2.35. The highest BCUT2D eigenvalue weighted by atomic mass is 31.3. The highest BCUT2D eigenvalue weighted by molar-refractivity contribution is 7.65. The molecule has 0 amide bonds. The average molecular weight is 1170 g/mol. The van der Waals surface area contributed by atoms with E-state index in [1.807, 2.05) is 0 Å². The molecule has 0 radical (unpaired) electrons. The maximum absolute atomic E-state index is 13.6. The molecule has 3 saturated heterocycles. The highest BCUT2D eigenvalue weighted by Gasteiger charge is 2.52. The average Bonchev–Trinajstić information content (AvgIpc) is 4.20. The van der Waals surface area contributed by atoms with Gasteiger partial charge in [-0.3, -0.25) is 51.5 Å². The second kappa shape index (κ2) is 21.5. The Hall–Kier alpha value is -5.15. The molecule has 3 aliphatic rings. The van der Waals surface area contributed by atoms with Gasteiger partial charge >= 0.3 is 5.65 Å². The topological polar surface area (TPSA) is 549 Å². The number of nitrogen functional groups attached to an aromatic ring is 2. The van der Waals surface area contributed by atoms with E-state index in [2.05, 4.69) is 58.3 Å². The number of phosphoric acid groups is 4. The number of aliphatic hydroxyl groups is 3. The van der Waals surface area contributed by atoms with Gasteiger partial charge in [0.05, 0.1) is 39.5 Å². The number of rotatable bonds is 21. The molecule has 3 aliphatic heterocycles. The van der Waals surface area contributed by atoms with E-state index in [9.17, 15) is 62.7 Å². The van der Waals surface area contributed by atoms with E-state index in [1.54, 1.807) is 0 Å². The first-order valence-corrected chi connectivity index (χ1v) is 27.8. The summed E-state index contributed by atoms with van der Waals surface area (Å²) in [6.45, 7) is -3.60. The molecule has 3 fully saturated rings. The molecule has 6 aromatic heterocycles. The van der Waals surface area contributed by atoms with Crippen molar-refractivity contribution in [3.8, 4) is 0 Å². The van der Waals surface area contributed by atoms with Crippen LogP contribution in [0.1, 0.15) is 18.7 Å². The molecule has 77 heavy (non-hydrogen) atoms. The van der Waals surface area contributed by atoms with Crippen molar-refractivity contribution in [3.05, 3.63) is 46.0 Å². The molecule has 0 saturated carbocycles. The highest BCUT2D eigenvalue weighted by Crippen LogP contribution is 2.63. The number of fused-ring (bicyclic) bond motifs is 3. The standard InChI is InChI=1S/C34H47N15O24P4/c1-37-24-15-25(39-8-38-24)47(9-40-15)32-23(64-4)21(71-74(55,56)65-5-12-18(50)20(52)30(68-12)48-10-41-16-26(48)42-33(35)44-28(16)53)14(70-32)7-67-76(59,60)73-77(61,62)72-75(57,58)66-6-13-19(51)22(63-3)31(69-13)49-11-46(2)17-27(49)43-34(36)45-29(17)54/h8-14,18-23,30-32,50-52H,5-7H2,1-4H3,(H10-,35,36,37,38,39,42,43,44,45,53,54,55,56,57,58,59,60,61,62)/p-3/t12-,13-,14-,18?,19+,20+,21?,22?,23+,30-,31-,32-/m1/s1. The van der Waals surface area contributed by atoms with Crippen LogP contribution in [0.25, 0.3) is 33.5 Å². The van der Waals surface area contributed by atoms with Gasteiger partial charge in [0.15, 0.2) is 41.4 Å². The van der Waals surface area contributed by atoms with Crippen LogP contribution in [0.15, 0.2) is 34.9 Å². The molecule has 16 atom stereocenters. The van der Waals surface area contributed by atoms with E-state index in [0.717, 1.165) is 31.4 Å². The lowest BCUT2D eigenvalue weighted by molar-refractivity contribution is -0.746. The van der Waals surface area contributed by atoms with E-state index in [-0.39, 0.29) is 51.2 Å². The number of hydrogen-bond acceptors (Lipinski definition) is 33. The fraction of sp³-hybridized carbons (Fsp3) is 0.559. The molecule has 39 nitrogen and oxygen atoms in total. The molecule has 9 rings (SSSR count). The van der Waals surface area contributed by atoms with Crippen LogP contribution in [0.5, 0.6) is 0 Å². The number of nitrogens with two attached hydrogens (primary N) is 2. The van der Waals surface area contributed by atoms with Crippen molar-refractivity contribution in [1.29, 1.82) is 0 Å². The lowest BCUT2D eigenvalue weighted by atomic mass is 10.1. The van der Waals surface area contributed by atoms with Crippen molar-refractivity contribution in [3.63, 3.8) is 0 Å². The van der Waals surface area contributed by atoms with Gasteiger partial charge in [0, 0.05) is 21.3 Å². The summed E-state index contributed by atoms with van der Waals surface area (Å²) in [5.41, 5.74) is 9.78. The summed E-state index contributed by atoms with van der Waals surface area (Å²) in [6.07, 6.45) is -15.1. The molecule has 0 bridgehead atoms. The van der Waals surface area contributed by atoms with Crippen molar-refractivity contribution >= 4 is 82.5 Å². The fourth-order valence-corrected chi connectivity index (χ4v) is 13.0. The smallest absolute Gasteiger partial charge is 0.313 e. The lowest BCUT2D eigenvalue weighted by Crippen LogP contribution is -2.47. The zero-order valence-electron chi connectivity index (χ0n) is 39.7. The SMILES string of the molecule is CNc1ncnc2c1ncn2[C@@H]1O[C@H](COP(=O)([O-])OP(=O)([O-])OP(=O)([O-])OC[C@H]2O[C@@H]([n+]3cn(C)c4c(=O)[nH]c(N)nc43)C(OC)[C@H]2O)C(OP(=O)([O-])OC[C@H]2O[C@@H](n3cnc4c(=O)[nH]c(N)nc43)[C@@H](O)C2O)[C@@H]1OC. The monoisotopic (exact) mass is 1170 g/mol. The number of nitrogens with one attached hydrogen (secondary N) is 3. The normalized spacial score (nSPS) is 30.0. The number of aliphatic hydroxyl groups excluding tert-OH is 3. The van der Waals surface area contributed by atoms with Gasteiger partial charge in [0.2, 0.25) is 17.7 Å². The fourth-order valence-electron chi connectivity index (χ4n) is 8.66. The van der Waals surface area contributed by atoms with Gasteiger partial charge < -0.3 is 93.5 Å². The number of aryl methyl sites for hydroxylation is 1. The molecule has 6 aromatic rings. The van der Waals surface area contributed by atoms with E-state index in [1.165, 1.54) is 40.5 Å². The number of imidazole rings is 3. The zero-order chi connectivity index (χ0) is 55.7. The molecule has 422 valence electrons. The maximum Gasteiger partial charge on any atom is 0.313 e. The van der Waals surface area contributed by atoms with Crippen molar-refractivity contribution in [1.82, 2.24) is 53.6 Å². The molecular weight excluding hydrogens is 1130 g/mol. The van der Waals surface area contributed by atoms with Crippen LogP contribution in [0.3, 0.4) is 0 Å². The van der Waals surface area contributed by atoms with Gasteiger partial charge in [0.25, 0.3) is 48.4 Å². The summed E-state index contributed by atoms with van der Waals surface area (Å²) in [4.78, 5) is 106. The predicted molar refractivity (Wildman–Crippen MR) is 240 cm³/mol. The summed E-state index contributed by atoms with van der Waals surface area (Å²) in [6, 6.07) is 0. The van der Waals surface area contributed by atoms with Gasteiger partial charge in [-0.2, -0.15) is 4.98 Å². The van der Waals surface area contributed by atoms with Crippen molar-refractivity contribution in [2.75, 3.05) is 57.9 Å². The van der Waals surface area contributed by atoms with Gasteiger partial charge in [-0.05, 0) is 0 Å². The number of hydrogen-bond donors (Lipinski definition) is 8. The van der Waals surface area contributed by atoms with Gasteiger partial charge in [-0.15, -0.1) is 0 Å². The van der Waals surface area contributed by atoms with Crippen molar-refractivity contribution < 1.29 is 108 Å². The van der Waals surface area contributed by atoms with Gasteiger partial charge in [0.1, 0.15) is 66.8 Å². The molecule has 43 heteroatoms. The van der Waals surface area contributed by atoms with Crippen LogP contribution in [0.2, 0.25) is 0 Å². The van der Waals surface area contributed by atoms with Crippen molar-refractivity contribution in [2.24, 2.45) is 7.05 Å². The Bertz CT molecular complexity index is 3510. The number of nitrogens with zero attached hydrogens (tertiary/aromatic N) is 10. The Morgan fingerprint density at radius 2 is 1.27 bits per heavy atom. The second-order valence-corrected chi connectivity index (χ2v) is 22.7. The minimum Gasteiger partial charge on any atom is -0.756 e. The quantitative estimate of drug-likeness (QED) is 0.0246. The number of phosphoric ester groups is 3. The van der Waals surface area contributed by atoms with Crippen LogP contribution in [-0.4, -0.2) is 165 Å². The van der Waals surface area contributed by atoms with E-state index < -0.39 is 136 Å². The third kappa shape index (κ3) is 11.4. The summed E-state index contributed by atoms with van der Waals surface area (Å²) < 4.78 is 113. The Kier molecular flexibility index (Phi) is 15.8. The van der Waals surface area contributed by atoms with E-state index in [4.69, 9.17) is 48.7 Å². The summed E-state index contributed by atoms with van der Waals surface area (Å²) >= 11 is 0. The largest absolute Gasteiger partial charge is 0.756 e. The van der Waals surface area contributed by atoms with E-state index >= 15 is 0 Å². The van der Waals surface area contributed by atoms with Crippen LogP contribution < -0.4 is 52.0 Å². The van der Waals surface area contributed by atoms with Crippen LogP contribution in [0.4, 0.5) is 17.7 Å². The predicted octanol–water partition coefficient (Wildman–Crippen LogP) is -6.13. The minimum absolute atomic E-state index is 0.0162. The first-order valence-electron chi connectivity index (χ1n) is 21.9. The molecular formula is C34H44N15O24P4-3. The Balaban J connectivity index is 0.871. The van der Waals surface area contributed by atoms with Crippen LogP contribution in [-0.2, 0) is 75.7 Å². The number of ether oxygens (including phenoxy) is 5. The van der Waals surface area contributed by atoms with Gasteiger partial charge in [-0.25, -0.2) is 33.1 Å². The summed E-state index contributed by atoms with van der Waals surface area (Å²) in [5, 5.41) is 35.5. The molecule has 0 aliphatic carbocycles. The van der Waals surface area contributed by atoms with Crippen molar-refractivity contribution in [2.45, 2.75) is 73.6 Å². The van der Waals surface area contributed by atoms with Gasteiger partial charge in [-0.1, -0.05) is 4.98 Å². The Labute approximate surface area is 428 Å². The maximum atomic E-state index is 13.6. The molecule has 0 aromatic carbocycles. The summed E-state index contributed by atoms with van der Waals surface area (Å²) in [7, 11) is -19.5. The Morgan fingerprint density at radius 3 is 1.92 bits per heavy atom. The number of aromatic amines is 2. The second-order valence-electron chi connectivity index (χ2n) is 16.8. The van der Waals surface area contributed by atoms with Crippen LogP contribution in [0, 0.1) is 0 Å². The van der Waals surface area contributed by atoms with Crippen LogP contribution >= 0.6 is 31.3 Å². The number of methoxy groups -OCH3 is 2. The molecule has 9 heterocycles. The molecule has 0 spiro atoms. The minimum atomic E-state index is -6.57. The third-order valence-electron chi connectivity index (χ3n) is 12.0. The number of anilines is 3. The first kappa shape index (κ1) is 56.6. The zero-order valence-corrected chi connectivity index (χ0v) is 43.3. The number of H-pyrrole nitrogens is 2. The molecule has 7 unspecified atom stereocenters. The summed E-state index contributed by atoms with van der Waals surface area (Å²) in [5.74, 6) is -0.384. The molecule has 10 N–H and O–H groups in total.